The van der Waals surface area contributed by atoms with Crippen LogP contribution in [0.4, 0.5) is 0 Å². The van der Waals surface area contributed by atoms with Crippen molar-refractivity contribution in [2.24, 2.45) is 0 Å². The number of rotatable bonds is 3. The van der Waals surface area contributed by atoms with Crippen molar-refractivity contribution in [3.8, 4) is 17.0 Å². The van der Waals surface area contributed by atoms with Gasteiger partial charge in [0.1, 0.15) is 5.75 Å². The molecule has 4 heteroatoms. The molecule has 0 aliphatic carbocycles. The smallest absolute Gasteiger partial charge is 0.134 e. The van der Waals surface area contributed by atoms with E-state index in [0.29, 0.717) is 5.02 Å². The van der Waals surface area contributed by atoms with Gasteiger partial charge in [0.15, 0.2) is 0 Å². The molecule has 0 saturated heterocycles. The second kappa shape index (κ2) is 8.18. The lowest BCUT2D eigenvalue weighted by molar-refractivity contribution is 0.246. The Hall–Kier alpha value is -3.40. The summed E-state index contributed by atoms with van der Waals surface area (Å²) in [4.78, 5) is 7.64. The molecule has 4 aromatic carbocycles. The zero-order valence-corrected chi connectivity index (χ0v) is 18.9. The van der Waals surface area contributed by atoms with Crippen molar-refractivity contribution in [1.29, 1.82) is 0 Å². The number of halogens is 1. The third-order valence-corrected chi connectivity index (χ3v) is 6.92. The molecule has 0 atom stereocenters. The second-order valence-electron chi connectivity index (χ2n) is 8.71. The summed E-state index contributed by atoms with van der Waals surface area (Å²) in [6.07, 6.45) is 0.966. The summed E-state index contributed by atoms with van der Waals surface area (Å²) < 4.78 is 0. The molecule has 0 fully saturated rings. The van der Waals surface area contributed by atoms with Gasteiger partial charge in [0, 0.05) is 30.6 Å². The summed E-state index contributed by atoms with van der Waals surface area (Å²) in [6.45, 7) is 2.73. The van der Waals surface area contributed by atoms with Gasteiger partial charge in [-0.3, -0.25) is 4.90 Å². The Morgan fingerprint density at radius 1 is 0.879 bits per heavy atom. The third kappa shape index (κ3) is 3.64. The standard InChI is InChI=1S/C29H23ClN2O/c30-25-16-21(11-13-27(25)33)29-24-18-32(17-19-6-2-1-3-7-19)15-14-23(24)28-22-9-5-4-8-20(22)10-12-26(28)31-29/h1-13,16,33H,14-15,17-18H2. The Morgan fingerprint density at radius 2 is 1.70 bits per heavy atom. The number of fused-ring (bicyclic) bond motifs is 5. The number of phenolic OH excluding ortho intramolecular Hbond substituents is 1. The molecule has 0 unspecified atom stereocenters. The highest BCUT2D eigenvalue weighted by Gasteiger charge is 2.24. The zero-order chi connectivity index (χ0) is 22.4. The van der Waals surface area contributed by atoms with Crippen LogP contribution in [0.2, 0.25) is 5.02 Å². The second-order valence-corrected chi connectivity index (χ2v) is 9.12. The van der Waals surface area contributed by atoms with Crippen LogP contribution in [0.1, 0.15) is 16.7 Å². The van der Waals surface area contributed by atoms with Gasteiger partial charge in [0.2, 0.25) is 0 Å². The molecule has 0 amide bonds. The number of hydrogen-bond donors (Lipinski definition) is 1. The van der Waals surface area contributed by atoms with Gasteiger partial charge in [-0.05, 0) is 58.1 Å². The molecule has 0 spiro atoms. The van der Waals surface area contributed by atoms with Crippen molar-refractivity contribution in [3.05, 3.63) is 107 Å². The van der Waals surface area contributed by atoms with E-state index in [9.17, 15) is 5.11 Å². The molecule has 1 aliphatic rings. The van der Waals surface area contributed by atoms with Crippen LogP contribution in [0.25, 0.3) is 32.9 Å². The number of hydrogen-bond acceptors (Lipinski definition) is 3. The van der Waals surface area contributed by atoms with E-state index < -0.39 is 0 Å². The molecular weight excluding hydrogens is 428 g/mol. The van der Waals surface area contributed by atoms with Crippen LogP contribution in [-0.2, 0) is 19.5 Å². The van der Waals surface area contributed by atoms with E-state index in [1.807, 2.05) is 12.1 Å². The maximum Gasteiger partial charge on any atom is 0.134 e. The molecule has 162 valence electrons. The zero-order valence-electron chi connectivity index (χ0n) is 18.1. The minimum Gasteiger partial charge on any atom is -0.506 e. The molecule has 3 nitrogen and oxygen atoms in total. The predicted molar refractivity (Wildman–Crippen MR) is 136 cm³/mol. The summed E-state index contributed by atoms with van der Waals surface area (Å²) >= 11 is 6.29. The first-order chi connectivity index (χ1) is 16.2. The number of pyridine rings is 1. The summed E-state index contributed by atoms with van der Waals surface area (Å²) in [6, 6.07) is 28.8. The van der Waals surface area contributed by atoms with E-state index in [4.69, 9.17) is 16.6 Å². The Balaban J connectivity index is 1.56. The van der Waals surface area contributed by atoms with E-state index in [1.165, 1.54) is 32.8 Å². The van der Waals surface area contributed by atoms with Crippen LogP contribution < -0.4 is 0 Å². The quantitative estimate of drug-likeness (QED) is 0.301. The van der Waals surface area contributed by atoms with E-state index >= 15 is 0 Å². The Morgan fingerprint density at radius 3 is 2.55 bits per heavy atom. The lowest BCUT2D eigenvalue weighted by Crippen LogP contribution is -2.31. The van der Waals surface area contributed by atoms with E-state index in [1.54, 1.807) is 6.07 Å². The fourth-order valence-electron chi connectivity index (χ4n) is 5.04. The van der Waals surface area contributed by atoms with Crippen LogP contribution in [0.15, 0.2) is 84.9 Å². The number of aromatic nitrogens is 1. The highest BCUT2D eigenvalue weighted by atomic mass is 35.5. The van der Waals surface area contributed by atoms with Crippen LogP contribution in [0.5, 0.6) is 5.75 Å². The Labute approximate surface area is 197 Å². The lowest BCUT2D eigenvalue weighted by Gasteiger charge is -2.31. The molecule has 1 N–H and O–H groups in total. The first-order valence-corrected chi connectivity index (χ1v) is 11.6. The first-order valence-electron chi connectivity index (χ1n) is 11.3. The molecular formula is C29H23ClN2O. The topological polar surface area (TPSA) is 36.4 Å². The van der Waals surface area contributed by atoms with Gasteiger partial charge in [-0.1, -0.05) is 72.3 Å². The van der Waals surface area contributed by atoms with E-state index in [0.717, 1.165) is 42.8 Å². The van der Waals surface area contributed by atoms with Gasteiger partial charge >= 0.3 is 0 Å². The summed E-state index contributed by atoms with van der Waals surface area (Å²) in [5, 5.41) is 14.1. The minimum atomic E-state index is 0.0896. The SMILES string of the molecule is Oc1ccc(-c2nc3ccc4ccccc4c3c3c2CN(Cc2ccccc2)CC3)cc1Cl. The molecule has 5 aromatic rings. The van der Waals surface area contributed by atoms with Crippen LogP contribution in [-0.4, -0.2) is 21.5 Å². The minimum absolute atomic E-state index is 0.0896. The van der Waals surface area contributed by atoms with Crippen molar-refractivity contribution in [2.45, 2.75) is 19.5 Å². The van der Waals surface area contributed by atoms with E-state index in [-0.39, 0.29) is 5.75 Å². The molecule has 0 radical (unpaired) electrons. The number of benzene rings is 4. The Bertz CT molecular complexity index is 1500. The molecule has 6 rings (SSSR count). The normalized spacial score (nSPS) is 14.0. The van der Waals surface area contributed by atoms with Gasteiger partial charge in [-0.2, -0.15) is 0 Å². The van der Waals surface area contributed by atoms with Crippen LogP contribution in [0, 0.1) is 0 Å². The fourth-order valence-corrected chi connectivity index (χ4v) is 5.22. The summed E-state index contributed by atoms with van der Waals surface area (Å²) in [5.41, 5.74) is 6.83. The van der Waals surface area contributed by atoms with Crippen LogP contribution in [0.3, 0.4) is 0 Å². The summed E-state index contributed by atoms with van der Waals surface area (Å²) in [7, 11) is 0. The highest BCUT2D eigenvalue weighted by molar-refractivity contribution is 6.32. The largest absolute Gasteiger partial charge is 0.506 e. The maximum absolute atomic E-state index is 9.96. The number of phenols is 1. The predicted octanol–water partition coefficient (Wildman–Crippen LogP) is 6.97. The fraction of sp³-hybridized carbons (Fsp3) is 0.138. The van der Waals surface area contributed by atoms with Gasteiger partial charge in [0.25, 0.3) is 0 Å². The Kier molecular flexibility index (Phi) is 5.01. The van der Waals surface area contributed by atoms with Crippen molar-refractivity contribution >= 4 is 33.3 Å². The molecule has 1 aromatic heterocycles. The van der Waals surface area contributed by atoms with Gasteiger partial charge in [0.05, 0.1) is 16.2 Å². The van der Waals surface area contributed by atoms with Crippen molar-refractivity contribution in [3.63, 3.8) is 0 Å². The van der Waals surface area contributed by atoms with Gasteiger partial charge in [-0.15, -0.1) is 0 Å². The number of nitrogens with zero attached hydrogens (tertiary/aromatic N) is 2. The van der Waals surface area contributed by atoms with Crippen molar-refractivity contribution in [2.75, 3.05) is 6.54 Å². The third-order valence-electron chi connectivity index (χ3n) is 6.62. The molecule has 0 saturated carbocycles. The molecule has 33 heavy (non-hydrogen) atoms. The lowest BCUT2D eigenvalue weighted by atomic mass is 9.89. The van der Waals surface area contributed by atoms with Crippen LogP contribution >= 0.6 is 11.6 Å². The average molecular weight is 451 g/mol. The molecule has 0 bridgehead atoms. The van der Waals surface area contributed by atoms with Gasteiger partial charge in [-0.25, -0.2) is 4.98 Å². The van der Waals surface area contributed by atoms with E-state index in [2.05, 4.69) is 71.6 Å². The highest BCUT2D eigenvalue weighted by Crippen LogP contribution is 2.39. The number of aromatic hydroxyl groups is 1. The molecule has 1 aliphatic heterocycles. The van der Waals surface area contributed by atoms with Crippen molar-refractivity contribution in [1.82, 2.24) is 9.88 Å². The maximum atomic E-state index is 9.96. The average Bonchev–Trinajstić information content (AvgIpc) is 2.85. The monoisotopic (exact) mass is 450 g/mol. The first kappa shape index (κ1) is 20.2. The summed E-state index contributed by atoms with van der Waals surface area (Å²) in [5.74, 6) is 0.0896. The molecule has 2 heterocycles. The van der Waals surface area contributed by atoms with Gasteiger partial charge < -0.3 is 5.11 Å². The van der Waals surface area contributed by atoms with Crippen molar-refractivity contribution < 1.29 is 5.11 Å².